The number of rotatable bonds is 6. The molecule has 1 aliphatic rings. The minimum atomic E-state index is -1.30. The third-order valence-corrected chi connectivity index (χ3v) is 5.02. The van der Waals surface area contributed by atoms with Gasteiger partial charge in [0.25, 0.3) is 5.91 Å². The minimum absolute atomic E-state index is 0.278. The Morgan fingerprint density at radius 3 is 2.43 bits per heavy atom. The van der Waals surface area contributed by atoms with Crippen molar-refractivity contribution >= 4 is 23.5 Å². The Kier molecular flexibility index (Phi) is 5.44. The number of hydrogen-bond acceptors (Lipinski definition) is 3. The van der Waals surface area contributed by atoms with Crippen molar-refractivity contribution in [2.75, 3.05) is 11.9 Å². The number of carbonyl (C=O) groups excluding carboxylic acids is 3. The SMILES string of the molecule is CCc1ccccc1NC(=O)CN1C(=O)N[C@](CC)(c2ccc(F)cc2)C1=O. The van der Waals surface area contributed by atoms with Crippen molar-refractivity contribution in [3.8, 4) is 0 Å². The molecule has 1 fully saturated rings. The van der Waals surface area contributed by atoms with E-state index in [1.165, 1.54) is 24.3 Å². The Balaban J connectivity index is 1.79. The van der Waals surface area contributed by atoms with E-state index in [1.54, 1.807) is 19.1 Å². The van der Waals surface area contributed by atoms with Crippen molar-refractivity contribution in [2.45, 2.75) is 32.2 Å². The first-order valence-electron chi connectivity index (χ1n) is 9.19. The lowest BCUT2D eigenvalue weighted by atomic mass is 9.87. The molecule has 0 bridgehead atoms. The summed E-state index contributed by atoms with van der Waals surface area (Å²) in [5.41, 5.74) is 0.797. The van der Waals surface area contributed by atoms with Gasteiger partial charge in [-0.05, 0) is 42.2 Å². The minimum Gasteiger partial charge on any atom is -0.324 e. The van der Waals surface area contributed by atoms with Crippen molar-refractivity contribution < 1.29 is 18.8 Å². The van der Waals surface area contributed by atoms with Gasteiger partial charge >= 0.3 is 6.03 Å². The summed E-state index contributed by atoms with van der Waals surface area (Å²) in [6, 6.07) is 12.1. The van der Waals surface area contributed by atoms with Gasteiger partial charge in [0.2, 0.25) is 5.91 Å². The summed E-state index contributed by atoms with van der Waals surface area (Å²) in [5.74, 6) is -1.42. The molecule has 0 aromatic heterocycles. The fourth-order valence-corrected chi connectivity index (χ4v) is 3.43. The van der Waals surface area contributed by atoms with Gasteiger partial charge in [-0.2, -0.15) is 0 Å². The highest BCUT2D eigenvalue weighted by atomic mass is 19.1. The topological polar surface area (TPSA) is 78.5 Å². The first kappa shape index (κ1) is 19.5. The van der Waals surface area contributed by atoms with Crippen LogP contribution in [0, 0.1) is 5.82 Å². The van der Waals surface area contributed by atoms with E-state index in [9.17, 15) is 18.8 Å². The molecule has 146 valence electrons. The van der Waals surface area contributed by atoms with Crippen LogP contribution in [0.5, 0.6) is 0 Å². The number of nitrogens with one attached hydrogen (secondary N) is 2. The van der Waals surface area contributed by atoms with Gasteiger partial charge in [-0.3, -0.25) is 14.5 Å². The fourth-order valence-electron chi connectivity index (χ4n) is 3.43. The summed E-state index contributed by atoms with van der Waals surface area (Å²) in [6.45, 7) is 3.33. The predicted molar refractivity (Wildman–Crippen MR) is 103 cm³/mol. The highest BCUT2D eigenvalue weighted by Crippen LogP contribution is 2.32. The number of aryl methyl sites for hydroxylation is 1. The second-order valence-corrected chi connectivity index (χ2v) is 6.65. The average molecular weight is 383 g/mol. The highest BCUT2D eigenvalue weighted by molar-refractivity contribution is 6.10. The molecule has 4 amide bonds. The molecule has 0 saturated carbocycles. The maximum atomic E-state index is 13.3. The quantitative estimate of drug-likeness (QED) is 0.752. The van der Waals surface area contributed by atoms with Gasteiger partial charge in [-0.15, -0.1) is 0 Å². The maximum absolute atomic E-state index is 13.3. The van der Waals surface area contributed by atoms with Gasteiger partial charge in [0.1, 0.15) is 17.9 Å². The van der Waals surface area contributed by atoms with Crippen LogP contribution in [0.1, 0.15) is 31.4 Å². The number of anilines is 1. The number of hydrogen-bond donors (Lipinski definition) is 2. The first-order valence-corrected chi connectivity index (χ1v) is 9.19. The zero-order valence-electron chi connectivity index (χ0n) is 15.8. The van der Waals surface area contributed by atoms with Gasteiger partial charge in [-0.1, -0.05) is 44.2 Å². The number of imide groups is 1. The van der Waals surface area contributed by atoms with Crippen LogP contribution in [0.25, 0.3) is 0 Å². The van der Waals surface area contributed by atoms with E-state index in [0.29, 0.717) is 11.3 Å². The van der Waals surface area contributed by atoms with E-state index < -0.39 is 35.7 Å². The molecule has 1 atom stereocenters. The van der Waals surface area contributed by atoms with Crippen LogP contribution in [0.2, 0.25) is 0 Å². The number of urea groups is 1. The standard InChI is InChI=1S/C21H22FN3O3/c1-3-14-7-5-6-8-17(14)23-18(26)13-25-19(27)21(4-2,24-20(25)28)15-9-11-16(22)12-10-15/h5-12H,3-4,13H2,1-2H3,(H,23,26)(H,24,28)/t21-/m1/s1. The third-order valence-electron chi connectivity index (χ3n) is 5.02. The Bertz CT molecular complexity index is 913. The molecule has 1 saturated heterocycles. The number of halogens is 1. The number of para-hydroxylation sites is 1. The molecular weight excluding hydrogens is 361 g/mol. The molecular formula is C21H22FN3O3. The van der Waals surface area contributed by atoms with E-state index in [0.717, 1.165) is 16.9 Å². The van der Waals surface area contributed by atoms with Gasteiger partial charge < -0.3 is 10.6 Å². The lowest BCUT2D eigenvalue weighted by Gasteiger charge is -2.25. The Morgan fingerprint density at radius 2 is 1.79 bits per heavy atom. The number of carbonyl (C=O) groups is 3. The van der Waals surface area contributed by atoms with Gasteiger partial charge in [0.05, 0.1) is 0 Å². The van der Waals surface area contributed by atoms with Crippen molar-refractivity contribution in [3.63, 3.8) is 0 Å². The molecule has 2 aromatic rings. The van der Waals surface area contributed by atoms with E-state index in [4.69, 9.17) is 0 Å². The van der Waals surface area contributed by atoms with Crippen LogP contribution in [-0.2, 0) is 21.5 Å². The molecule has 1 aliphatic heterocycles. The molecule has 0 aliphatic carbocycles. The molecule has 1 heterocycles. The fraction of sp³-hybridized carbons (Fsp3) is 0.286. The van der Waals surface area contributed by atoms with Crippen molar-refractivity contribution in [3.05, 3.63) is 65.5 Å². The molecule has 0 unspecified atom stereocenters. The zero-order valence-corrected chi connectivity index (χ0v) is 15.8. The lowest BCUT2D eigenvalue weighted by molar-refractivity contribution is -0.134. The largest absolute Gasteiger partial charge is 0.325 e. The number of nitrogens with zero attached hydrogens (tertiary/aromatic N) is 1. The molecule has 3 rings (SSSR count). The van der Waals surface area contributed by atoms with E-state index in [1.807, 2.05) is 19.1 Å². The molecule has 0 spiro atoms. The van der Waals surface area contributed by atoms with Gasteiger partial charge in [0.15, 0.2) is 0 Å². The smallest absolute Gasteiger partial charge is 0.324 e. The summed E-state index contributed by atoms with van der Waals surface area (Å²) in [6.07, 6.45) is 1.02. The predicted octanol–water partition coefficient (Wildman–Crippen LogP) is 3.18. The Labute approximate surface area is 162 Å². The van der Waals surface area contributed by atoms with Gasteiger partial charge in [-0.25, -0.2) is 9.18 Å². The van der Waals surface area contributed by atoms with Crippen LogP contribution >= 0.6 is 0 Å². The summed E-state index contributed by atoms with van der Waals surface area (Å²) < 4.78 is 13.3. The summed E-state index contributed by atoms with van der Waals surface area (Å²) >= 11 is 0. The number of benzene rings is 2. The zero-order chi connectivity index (χ0) is 20.3. The molecule has 28 heavy (non-hydrogen) atoms. The van der Waals surface area contributed by atoms with E-state index in [-0.39, 0.29) is 6.42 Å². The Morgan fingerprint density at radius 1 is 1.11 bits per heavy atom. The van der Waals surface area contributed by atoms with Crippen LogP contribution in [0.15, 0.2) is 48.5 Å². The summed E-state index contributed by atoms with van der Waals surface area (Å²) in [7, 11) is 0. The second-order valence-electron chi connectivity index (χ2n) is 6.65. The third kappa shape index (κ3) is 3.47. The van der Waals surface area contributed by atoms with Crippen molar-refractivity contribution in [1.29, 1.82) is 0 Å². The van der Waals surface area contributed by atoms with Crippen molar-refractivity contribution in [1.82, 2.24) is 10.2 Å². The average Bonchev–Trinajstić information content (AvgIpc) is 2.94. The van der Waals surface area contributed by atoms with Crippen LogP contribution < -0.4 is 10.6 Å². The normalized spacial score (nSPS) is 18.9. The molecule has 6 nitrogen and oxygen atoms in total. The van der Waals surface area contributed by atoms with Gasteiger partial charge in [0, 0.05) is 5.69 Å². The number of amides is 4. The van der Waals surface area contributed by atoms with Crippen LogP contribution in [0.3, 0.4) is 0 Å². The first-order chi connectivity index (χ1) is 13.4. The summed E-state index contributed by atoms with van der Waals surface area (Å²) in [4.78, 5) is 38.9. The van der Waals surface area contributed by atoms with Crippen LogP contribution in [0.4, 0.5) is 14.9 Å². The van der Waals surface area contributed by atoms with Crippen molar-refractivity contribution in [2.24, 2.45) is 0 Å². The Hall–Kier alpha value is -3.22. The highest BCUT2D eigenvalue weighted by Gasteiger charge is 2.51. The van der Waals surface area contributed by atoms with E-state index in [2.05, 4.69) is 10.6 Å². The monoisotopic (exact) mass is 383 g/mol. The molecule has 7 heteroatoms. The lowest BCUT2D eigenvalue weighted by Crippen LogP contribution is -2.44. The molecule has 0 radical (unpaired) electrons. The second kappa shape index (κ2) is 7.80. The molecule has 2 N–H and O–H groups in total. The van der Waals surface area contributed by atoms with E-state index >= 15 is 0 Å². The summed E-state index contributed by atoms with van der Waals surface area (Å²) in [5, 5.41) is 5.44. The maximum Gasteiger partial charge on any atom is 0.325 e. The molecule has 2 aromatic carbocycles. The van der Waals surface area contributed by atoms with Crippen LogP contribution in [-0.4, -0.2) is 29.3 Å².